The van der Waals surface area contributed by atoms with E-state index in [9.17, 15) is 28.8 Å². The Morgan fingerprint density at radius 3 is 1.54 bits per heavy atom. The molecule has 15 nitrogen and oxygen atoms in total. The van der Waals surface area contributed by atoms with E-state index >= 15 is 0 Å². The third-order valence-corrected chi connectivity index (χ3v) is 5.30. The molecule has 1 amide bonds. The van der Waals surface area contributed by atoms with Crippen LogP contribution in [0.5, 0.6) is 0 Å². The van der Waals surface area contributed by atoms with Gasteiger partial charge in [-0.05, 0) is 16.6 Å². The van der Waals surface area contributed by atoms with Crippen LogP contribution in [0.4, 0.5) is 4.79 Å². The van der Waals surface area contributed by atoms with Crippen molar-refractivity contribution < 1.29 is 61.9 Å². The zero-order chi connectivity index (χ0) is 36.5. The van der Waals surface area contributed by atoms with Crippen LogP contribution in [0.2, 0.25) is 0 Å². The number of ether oxygens (including phenoxy) is 6. The molecule has 22 heteroatoms. The number of amides is 1. The van der Waals surface area contributed by atoms with Gasteiger partial charge in [-0.25, -0.2) is 0 Å². The van der Waals surface area contributed by atoms with Crippen molar-refractivity contribution in [1.29, 1.82) is 0 Å². The zero-order valence-corrected chi connectivity index (χ0v) is 33.3. The van der Waals surface area contributed by atoms with Crippen molar-refractivity contribution in [2.45, 2.75) is 92.4 Å². The monoisotopic (exact) mass is 889 g/mol. The van der Waals surface area contributed by atoms with Crippen LogP contribution in [0, 0.1) is 5.92 Å². The van der Waals surface area contributed by atoms with Gasteiger partial charge >= 0.3 is 104 Å². The van der Waals surface area contributed by atoms with Gasteiger partial charge in [0.05, 0.1) is 6.61 Å². The Labute approximate surface area is 285 Å². The molecule has 0 aromatic heterocycles. The van der Waals surface area contributed by atoms with E-state index in [0.29, 0.717) is 0 Å². The number of aliphatic imine (C=N–C) groups is 1. The molecule has 0 bridgehead atoms. The molecule has 5 atom stereocenters. The topological polar surface area (TPSA) is 186 Å². The van der Waals surface area contributed by atoms with Crippen molar-refractivity contribution in [1.82, 2.24) is 0 Å². The van der Waals surface area contributed by atoms with Crippen LogP contribution < -0.4 is 0 Å². The first-order chi connectivity index (χ1) is 20.5. The summed E-state index contributed by atoms with van der Waals surface area (Å²) in [5.41, 5.74) is -1.24. The van der Waals surface area contributed by atoms with Gasteiger partial charge in [0.25, 0.3) is 5.66 Å². The molecule has 0 spiro atoms. The van der Waals surface area contributed by atoms with Crippen molar-refractivity contribution in [2.75, 3.05) is 13.2 Å². The number of amidine groups is 1. The third kappa shape index (κ3) is 18.8. The normalized spacial score (nSPS) is 20.0. The van der Waals surface area contributed by atoms with Crippen LogP contribution in [-0.2, 0) is 52.4 Å². The van der Waals surface area contributed by atoms with Crippen molar-refractivity contribution in [2.24, 2.45) is 16.0 Å². The van der Waals surface area contributed by atoms with E-state index in [1.807, 2.05) is 0 Å². The molecular weight excluding hydrogens is 857 g/mol. The quantitative estimate of drug-likeness (QED) is 0.105. The maximum atomic E-state index is 12.9. The standard InChI is InChI=1S/C24H36N3O12.6ClH.Sb/c1-10-34-23(33)27-22(25-24(9,26-27)12(2)3)21(39-17(8)32)20(38-16(7)31)19(37-15(6)30)18(36-14(5)29)11-35-13(4)28;;;;;;;/h12,18-21H,10-11H2,1-9H3;6*1H;/q+1;;;;;;;+5/p-6/t18-,19-,20-,21+,24+;;;;;;;/m1......./s1. The molecule has 1 rings (SSSR count). The van der Waals surface area contributed by atoms with Crippen LogP contribution in [0.25, 0.3) is 0 Å². The number of carbonyl (C=O) groups excluding carboxylic acids is 6. The first-order valence-corrected chi connectivity index (χ1v) is 32.5. The molecule has 0 radical (unpaired) electrons. The van der Waals surface area contributed by atoms with Gasteiger partial charge in [-0.3, -0.25) is 24.0 Å². The van der Waals surface area contributed by atoms with Crippen molar-refractivity contribution in [3.8, 4) is 0 Å². The van der Waals surface area contributed by atoms with E-state index in [2.05, 4.69) is 10.1 Å². The van der Waals surface area contributed by atoms with Gasteiger partial charge in [0, 0.05) is 47.5 Å². The van der Waals surface area contributed by atoms with Gasteiger partial charge in [0.15, 0.2) is 18.3 Å². The SMILES string of the molecule is CCOC(=O)[N+]1=N[C@@](C)(C(C)C)N=C1[C@@H](OC(C)=O)[C@H](OC(C)=O)[C@H](OC(C)=O)[C@@H](COC(C)=O)OC(C)=O.[Cl][Sb-]([Cl])([Cl])([Cl])([Cl])[Cl]. The average Bonchev–Trinajstić information content (AvgIpc) is 3.19. The van der Waals surface area contributed by atoms with Gasteiger partial charge in [-0.1, -0.05) is 19.0 Å². The summed E-state index contributed by atoms with van der Waals surface area (Å²) >= 11 is 0. The fraction of sp³-hybridized carbons (Fsp3) is 0.708. The number of carbonyl (C=O) groups is 6. The van der Waals surface area contributed by atoms with E-state index in [0.717, 1.165) is 39.3 Å². The zero-order valence-electron chi connectivity index (χ0n) is 26.3. The molecule has 0 aliphatic carbocycles. The Morgan fingerprint density at radius 1 is 0.739 bits per heavy atom. The van der Waals surface area contributed by atoms with Gasteiger partial charge in [0.2, 0.25) is 6.10 Å². The first kappa shape index (κ1) is 44.6. The second-order valence-corrected chi connectivity index (χ2v) is 66.8. The Hall–Kier alpha value is -1.35. The minimum absolute atomic E-state index is 0.0326. The van der Waals surface area contributed by atoms with Crippen LogP contribution >= 0.6 is 53.0 Å². The summed E-state index contributed by atoms with van der Waals surface area (Å²) in [5.74, 6) is -4.93. The van der Waals surface area contributed by atoms with E-state index < -0.39 is 81.8 Å². The van der Waals surface area contributed by atoms with Crippen molar-refractivity contribution in [3.63, 3.8) is 0 Å². The van der Waals surface area contributed by atoms with Crippen LogP contribution in [0.15, 0.2) is 10.1 Å². The van der Waals surface area contributed by atoms with E-state index in [4.69, 9.17) is 81.4 Å². The van der Waals surface area contributed by atoms with Crippen LogP contribution in [-0.4, -0.2) is 98.9 Å². The Balaban J connectivity index is 0.00000258. The molecule has 0 saturated heterocycles. The Bertz CT molecular complexity index is 1250. The Morgan fingerprint density at radius 2 is 1.17 bits per heavy atom. The van der Waals surface area contributed by atoms with E-state index in [1.54, 1.807) is 27.7 Å². The number of rotatable bonds is 12. The number of hydrogen-bond acceptors (Lipinski definition) is 14. The summed E-state index contributed by atoms with van der Waals surface area (Å²) in [4.78, 5) is 77.5. The summed E-state index contributed by atoms with van der Waals surface area (Å²) in [6, 6.07) is 0. The molecule has 0 aromatic rings. The number of hydrogen-bond donors (Lipinski definition) is 0. The van der Waals surface area contributed by atoms with Crippen LogP contribution in [0.3, 0.4) is 0 Å². The Kier molecular flexibility index (Phi) is 16.4. The first-order valence-electron chi connectivity index (χ1n) is 13.1. The molecule has 0 saturated carbocycles. The fourth-order valence-electron chi connectivity index (χ4n) is 3.40. The van der Waals surface area contributed by atoms with Crippen molar-refractivity contribution >= 4 is 104 Å². The molecule has 0 aromatic carbocycles. The maximum absolute atomic E-state index is 12.9. The number of halogens is 6. The van der Waals surface area contributed by atoms with Gasteiger partial charge in [-0.15, -0.1) is 0 Å². The number of esters is 5. The molecule has 46 heavy (non-hydrogen) atoms. The molecule has 1 aliphatic rings. The second kappa shape index (κ2) is 16.8. The molecule has 1 heterocycles. The molecular formula is C24H36Cl6N3O12Sb. The summed E-state index contributed by atoms with van der Waals surface area (Å²) in [6.45, 7) is 11.3. The fourth-order valence-corrected chi connectivity index (χ4v) is 3.40. The van der Waals surface area contributed by atoms with Gasteiger partial charge < -0.3 is 28.4 Å². The summed E-state index contributed by atoms with van der Waals surface area (Å²) in [7, 11) is 25.0. The average molecular weight is 893 g/mol. The van der Waals surface area contributed by atoms with Gasteiger partial charge in [0.1, 0.15) is 6.61 Å². The minimum atomic E-state index is -5.42. The van der Waals surface area contributed by atoms with E-state index in [1.165, 1.54) is 0 Å². The third-order valence-electron chi connectivity index (χ3n) is 5.30. The molecule has 0 unspecified atom stereocenters. The van der Waals surface area contributed by atoms with Crippen molar-refractivity contribution in [3.05, 3.63) is 0 Å². The number of nitrogens with zero attached hydrogens (tertiary/aromatic N) is 3. The second-order valence-electron chi connectivity index (χ2n) is 9.92. The molecule has 0 N–H and O–H groups in total. The molecule has 0 fully saturated rings. The predicted molar refractivity (Wildman–Crippen MR) is 170 cm³/mol. The molecule has 1 aliphatic heterocycles. The predicted octanol–water partition coefficient (Wildman–Crippen LogP) is 5.44. The number of azo groups is 2. The van der Waals surface area contributed by atoms with E-state index in [-0.39, 0.29) is 18.4 Å². The summed E-state index contributed by atoms with van der Waals surface area (Å²) < 4.78 is 32.4. The summed E-state index contributed by atoms with van der Waals surface area (Å²) in [5, 5.41) is 4.34. The summed E-state index contributed by atoms with van der Waals surface area (Å²) in [6.07, 6.45) is -7.73. The van der Waals surface area contributed by atoms with Gasteiger partial charge in [-0.2, -0.15) is 4.79 Å². The van der Waals surface area contributed by atoms with Crippen LogP contribution in [0.1, 0.15) is 62.3 Å². The molecule has 266 valence electrons.